The molecule has 2 nitrogen and oxygen atoms in total. The van der Waals surface area contributed by atoms with E-state index in [1.807, 2.05) is 13.8 Å². The predicted molar refractivity (Wildman–Crippen MR) is 60.4 cm³/mol. The molecule has 1 fully saturated rings. The quantitative estimate of drug-likeness (QED) is 0.681. The summed E-state index contributed by atoms with van der Waals surface area (Å²) >= 11 is 0. The van der Waals surface area contributed by atoms with Crippen molar-refractivity contribution < 1.29 is 13.9 Å². The van der Waals surface area contributed by atoms with Crippen LogP contribution < -0.4 is 0 Å². The molecule has 1 aliphatic rings. The molecule has 1 heterocycles. The second-order valence-electron chi connectivity index (χ2n) is 3.42. The third-order valence-electron chi connectivity index (χ3n) is 2.36. The Morgan fingerprint density at radius 2 is 1.88 bits per heavy atom. The fourth-order valence-corrected chi connectivity index (χ4v) is 1.62. The van der Waals surface area contributed by atoms with Gasteiger partial charge in [0.15, 0.2) is 0 Å². The van der Waals surface area contributed by atoms with E-state index < -0.39 is 0 Å². The monoisotopic (exact) mass is 224 g/mol. The fourth-order valence-electron chi connectivity index (χ4n) is 1.62. The van der Waals surface area contributed by atoms with Crippen LogP contribution >= 0.6 is 0 Å². The maximum Gasteiger partial charge on any atom is 0.306 e. The molecule has 16 heavy (non-hydrogen) atoms. The first-order valence-electron chi connectivity index (χ1n) is 5.70. The Hall–Kier alpha value is -1.38. The van der Waals surface area contributed by atoms with Gasteiger partial charge in [0.05, 0.1) is 0 Å². The summed E-state index contributed by atoms with van der Waals surface area (Å²) < 4.78 is 17.8. The summed E-state index contributed by atoms with van der Waals surface area (Å²) in [4.78, 5) is 11.0. The third-order valence-corrected chi connectivity index (χ3v) is 2.36. The van der Waals surface area contributed by atoms with Crippen molar-refractivity contribution in [1.82, 2.24) is 0 Å². The SMILES string of the molecule is CC.O=C1CCCC(c2ccc(F)cc2)O1. The number of hydrogen-bond donors (Lipinski definition) is 0. The highest BCUT2D eigenvalue weighted by molar-refractivity contribution is 5.70. The minimum absolute atomic E-state index is 0.162. The smallest absolute Gasteiger partial charge is 0.306 e. The third kappa shape index (κ3) is 3.33. The van der Waals surface area contributed by atoms with Crippen LogP contribution in [0.4, 0.5) is 4.39 Å². The van der Waals surface area contributed by atoms with Crippen LogP contribution in [0.3, 0.4) is 0 Å². The zero-order valence-corrected chi connectivity index (χ0v) is 9.70. The molecule has 0 spiro atoms. The standard InChI is InChI=1S/C11H11FO2.C2H6/c12-9-6-4-8(5-7-9)10-2-1-3-11(13)14-10;1-2/h4-7,10H,1-3H2;1-2H3. The molecule has 1 unspecified atom stereocenters. The van der Waals surface area contributed by atoms with E-state index in [0.29, 0.717) is 6.42 Å². The number of rotatable bonds is 1. The van der Waals surface area contributed by atoms with Crippen molar-refractivity contribution >= 4 is 5.97 Å². The zero-order valence-electron chi connectivity index (χ0n) is 9.70. The second kappa shape index (κ2) is 6.26. The summed E-state index contributed by atoms with van der Waals surface area (Å²) in [5, 5.41) is 0. The first-order valence-corrected chi connectivity index (χ1v) is 5.70. The van der Waals surface area contributed by atoms with E-state index in [9.17, 15) is 9.18 Å². The van der Waals surface area contributed by atoms with E-state index in [1.54, 1.807) is 12.1 Å². The molecule has 0 aliphatic carbocycles. The van der Waals surface area contributed by atoms with Gasteiger partial charge in [0.1, 0.15) is 11.9 Å². The molecule has 88 valence electrons. The van der Waals surface area contributed by atoms with Crippen molar-refractivity contribution in [2.75, 3.05) is 0 Å². The number of hydrogen-bond acceptors (Lipinski definition) is 2. The Kier molecular flexibility index (Phi) is 4.96. The number of carbonyl (C=O) groups is 1. The van der Waals surface area contributed by atoms with E-state index in [4.69, 9.17) is 4.74 Å². The van der Waals surface area contributed by atoms with Crippen molar-refractivity contribution in [3.8, 4) is 0 Å². The summed E-state index contributed by atoms with van der Waals surface area (Å²) in [5.74, 6) is -0.429. The van der Waals surface area contributed by atoms with Crippen LogP contribution in [0.5, 0.6) is 0 Å². The molecule has 0 aromatic heterocycles. The number of ether oxygens (including phenoxy) is 1. The molecule has 2 rings (SSSR count). The molecule has 0 bridgehead atoms. The molecule has 1 aliphatic heterocycles. The van der Waals surface area contributed by atoms with Crippen molar-refractivity contribution in [1.29, 1.82) is 0 Å². The summed E-state index contributed by atoms with van der Waals surface area (Å²) in [6.07, 6.45) is 1.99. The molecule has 1 aromatic carbocycles. The van der Waals surface area contributed by atoms with Crippen LogP contribution in [0, 0.1) is 5.82 Å². The molecular formula is C13H17FO2. The van der Waals surface area contributed by atoms with Gasteiger partial charge in [0.25, 0.3) is 0 Å². The lowest BCUT2D eigenvalue weighted by atomic mass is 10.0. The summed E-state index contributed by atoms with van der Waals surface area (Å²) in [6.45, 7) is 4.00. The molecule has 0 saturated carbocycles. The first kappa shape index (κ1) is 12.7. The Balaban J connectivity index is 0.000000606. The van der Waals surface area contributed by atoms with Gasteiger partial charge in [0, 0.05) is 6.42 Å². The summed E-state index contributed by atoms with van der Waals surface area (Å²) in [7, 11) is 0. The second-order valence-corrected chi connectivity index (χ2v) is 3.42. The molecule has 1 saturated heterocycles. The van der Waals surface area contributed by atoms with Gasteiger partial charge in [0.2, 0.25) is 0 Å². The molecular weight excluding hydrogens is 207 g/mol. The van der Waals surface area contributed by atoms with Gasteiger partial charge in [-0.25, -0.2) is 4.39 Å². The lowest BCUT2D eigenvalue weighted by Crippen LogP contribution is -2.16. The van der Waals surface area contributed by atoms with Crippen LogP contribution in [0.15, 0.2) is 24.3 Å². The number of esters is 1. The molecule has 3 heteroatoms. The van der Waals surface area contributed by atoms with Gasteiger partial charge < -0.3 is 4.74 Å². The van der Waals surface area contributed by atoms with E-state index in [0.717, 1.165) is 18.4 Å². The lowest BCUT2D eigenvalue weighted by Gasteiger charge is -2.22. The van der Waals surface area contributed by atoms with Crippen LogP contribution in [0.25, 0.3) is 0 Å². The average Bonchev–Trinajstić information content (AvgIpc) is 2.32. The number of benzene rings is 1. The first-order chi connectivity index (χ1) is 7.75. The van der Waals surface area contributed by atoms with E-state index in [2.05, 4.69) is 0 Å². The normalized spacial score (nSPS) is 19.4. The molecule has 1 atom stereocenters. The predicted octanol–water partition coefficient (Wildman–Crippen LogP) is 3.62. The van der Waals surface area contributed by atoms with E-state index in [-0.39, 0.29) is 17.9 Å². The van der Waals surface area contributed by atoms with Crippen molar-refractivity contribution in [2.24, 2.45) is 0 Å². The van der Waals surface area contributed by atoms with Crippen LogP contribution in [-0.4, -0.2) is 5.97 Å². The van der Waals surface area contributed by atoms with Gasteiger partial charge in [-0.1, -0.05) is 26.0 Å². The van der Waals surface area contributed by atoms with Gasteiger partial charge in [-0.2, -0.15) is 0 Å². The Morgan fingerprint density at radius 1 is 1.25 bits per heavy atom. The Labute approximate surface area is 95.4 Å². The van der Waals surface area contributed by atoms with Crippen LogP contribution in [-0.2, 0) is 9.53 Å². The molecule has 0 N–H and O–H groups in total. The maximum absolute atomic E-state index is 12.6. The molecule has 0 amide bonds. The van der Waals surface area contributed by atoms with Gasteiger partial charge in [-0.05, 0) is 30.5 Å². The number of carbonyl (C=O) groups excluding carboxylic acids is 1. The molecule has 0 radical (unpaired) electrons. The van der Waals surface area contributed by atoms with E-state index in [1.165, 1.54) is 12.1 Å². The maximum atomic E-state index is 12.6. The lowest BCUT2D eigenvalue weighted by molar-refractivity contribution is -0.154. The number of halogens is 1. The average molecular weight is 224 g/mol. The zero-order chi connectivity index (χ0) is 12.0. The van der Waals surface area contributed by atoms with Crippen molar-refractivity contribution in [3.05, 3.63) is 35.6 Å². The van der Waals surface area contributed by atoms with Crippen molar-refractivity contribution in [2.45, 2.75) is 39.2 Å². The van der Waals surface area contributed by atoms with E-state index >= 15 is 0 Å². The van der Waals surface area contributed by atoms with Gasteiger partial charge >= 0.3 is 5.97 Å². The Bertz CT molecular complexity index is 332. The highest BCUT2D eigenvalue weighted by Gasteiger charge is 2.21. The minimum Gasteiger partial charge on any atom is -0.457 e. The van der Waals surface area contributed by atoms with Crippen LogP contribution in [0.2, 0.25) is 0 Å². The van der Waals surface area contributed by atoms with Crippen LogP contribution in [0.1, 0.15) is 44.8 Å². The van der Waals surface area contributed by atoms with Gasteiger partial charge in [-0.3, -0.25) is 4.79 Å². The van der Waals surface area contributed by atoms with Gasteiger partial charge in [-0.15, -0.1) is 0 Å². The highest BCUT2D eigenvalue weighted by Crippen LogP contribution is 2.28. The summed E-state index contributed by atoms with van der Waals surface area (Å²) in [5.41, 5.74) is 0.874. The Morgan fingerprint density at radius 3 is 2.44 bits per heavy atom. The number of cyclic esters (lactones) is 1. The topological polar surface area (TPSA) is 26.3 Å². The minimum atomic E-state index is -0.268. The van der Waals surface area contributed by atoms with Crippen molar-refractivity contribution in [3.63, 3.8) is 0 Å². The molecule has 1 aromatic rings. The summed E-state index contributed by atoms with van der Waals surface area (Å²) in [6, 6.07) is 6.10. The highest BCUT2D eigenvalue weighted by atomic mass is 19.1. The fraction of sp³-hybridized carbons (Fsp3) is 0.462. The largest absolute Gasteiger partial charge is 0.457 e.